The Balaban J connectivity index is 1.70. The first-order valence-corrected chi connectivity index (χ1v) is 8.28. The molecule has 0 bridgehead atoms. The summed E-state index contributed by atoms with van der Waals surface area (Å²) >= 11 is 0. The zero-order valence-corrected chi connectivity index (χ0v) is 12.7. The van der Waals surface area contributed by atoms with Crippen LogP contribution in [0.2, 0.25) is 0 Å². The topological polar surface area (TPSA) is 24.1 Å². The molecule has 2 aliphatic rings. The minimum Gasteiger partial charge on any atom is -0.317 e. The van der Waals surface area contributed by atoms with Gasteiger partial charge in [-0.2, -0.15) is 0 Å². The van der Waals surface area contributed by atoms with Crippen molar-refractivity contribution in [1.29, 1.82) is 0 Å². The molecule has 1 heterocycles. The van der Waals surface area contributed by atoms with E-state index >= 15 is 0 Å². The van der Waals surface area contributed by atoms with Crippen molar-refractivity contribution in [2.45, 2.75) is 50.5 Å². The molecular formula is C18H28N2. The van der Waals surface area contributed by atoms with Gasteiger partial charge in [-0.15, -0.1) is 0 Å². The summed E-state index contributed by atoms with van der Waals surface area (Å²) in [7, 11) is 0. The lowest BCUT2D eigenvalue weighted by atomic mass is 9.73. The van der Waals surface area contributed by atoms with Crippen molar-refractivity contribution >= 4 is 0 Å². The lowest BCUT2D eigenvalue weighted by molar-refractivity contribution is 0.280. The fraction of sp³-hybridized carbons (Fsp3) is 0.667. The van der Waals surface area contributed by atoms with Gasteiger partial charge in [-0.05, 0) is 56.7 Å². The molecule has 1 saturated heterocycles. The van der Waals surface area contributed by atoms with E-state index in [0.29, 0.717) is 5.41 Å². The first-order chi connectivity index (χ1) is 9.78. The maximum atomic E-state index is 3.89. The third kappa shape index (κ3) is 3.07. The van der Waals surface area contributed by atoms with E-state index in [9.17, 15) is 0 Å². The Bertz CT molecular complexity index is 409. The van der Waals surface area contributed by atoms with Crippen LogP contribution < -0.4 is 10.6 Å². The molecule has 110 valence electrons. The van der Waals surface area contributed by atoms with E-state index in [-0.39, 0.29) is 0 Å². The summed E-state index contributed by atoms with van der Waals surface area (Å²) in [4.78, 5) is 0. The van der Waals surface area contributed by atoms with Gasteiger partial charge in [-0.3, -0.25) is 0 Å². The fourth-order valence-electron chi connectivity index (χ4n) is 4.00. The van der Waals surface area contributed by atoms with Crippen molar-refractivity contribution in [2.75, 3.05) is 19.6 Å². The zero-order valence-electron chi connectivity index (χ0n) is 12.7. The van der Waals surface area contributed by atoms with Gasteiger partial charge < -0.3 is 10.6 Å². The Morgan fingerprint density at radius 2 is 1.90 bits per heavy atom. The predicted octanol–water partition coefficient (Wildman–Crippen LogP) is 3.09. The number of hydrogen-bond acceptors (Lipinski definition) is 2. The number of piperidine rings is 1. The summed E-state index contributed by atoms with van der Waals surface area (Å²) in [5.74, 6) is 0.910. The van der Waals surface area contributed by atoms with Gasteiger partial charge in [0.15, 0.2) is 0 Å². The molecule has 1 aromatic rings. The third-order valence-corrected chi connectivity index (χ3v) is 5.37. The molecule has 1 aliphatic carbocycles. The van der Waals surface area contributed by atoms with Crippen LogP contribution in [0.25, 0.3) is 0 Å². The second kappa shape index (κ2) is 6.28. The van der Waals surface area contributed by atoms with Gasteiger partial charge in [0, 0.05) is 18.0 Å². The SMILES string of the molecule is CC1CCC(NCC2(c3ccccc3)CCNCC2)C1. The average molecular weight is 272 g/mol. The van der Waals surface area contributed by atoms with Crippen molar-refractivity contribution in [1.82, 2.24) is 10.6 Å². The van der Waals surface area contributed by atoms with Crippen molar-refractivity contribution in [3.63, 3.8) is 0 Å². The second-order valence-electron chi connectivity index (χ2n) is 6.89. The molecule has 3 rings (SSSR count). The van der Waals surface area contributed by atoms with Gasteiger partial charge in [0.1, 0.15) is 0 Å². The van der Waals surface area contributed by atoms with Crippen molar-refractivity contribution < 1.29 is 0 Å². The molecule has 2 N–H and O–H groups in total. The maximum absolute atomic E-state index is 3.89. The van der Waals surface area contributed by atoms with E-state index in [1.165, 1.54) is 37.7 Å². The highest BCUT2D eigenvalue weighted by atomic mass is 15.0. The Morgan fingerprint density at radius 1 is 1.15 bits per heavy atom. The summed E-state index contributed by atoms with van der Waals surface area (Å²) in [5.41, 5.74) is 1.87. The average Bonchev–Trinajstić information content (AvgIpc) is 2.93. The number of hydrogen-bond donors (Lipinski definition) is 2. The van der Waals surface area contributed by atoms with Crippen LogP contribution in [0.15, 0.2) is 30.3 Å². The molecule has 2 atom stereocenters. The molecule has 2 heteroatoms. The van der Waals surface area contributed by atoms with Crippen LogP contribution in [0.4, 0.5) is 0 Å². The highest BCUT2D eigenvalue weighted by molar-refractivity contribution is 5.27. The summed E-state index contributed by atoms with van der Waals surface area (Å²) in [6.07, 6.45) is 6.64. The lowest BCUT2D eigenvalue weighted by Gasteiger charge is -2.39. The third-order valence-electron chi connectivity index (χ3n) is 5.37. The molecular weight excluding hydrogens is 244 g/mol. The van der Waals surface area contributed by atoms with Gasteiger partial charge in [-0.25, -0.2) is 0 Å². The van der Waals surface area contributed by atoms with Crippen LogP contribution in [-0.2, 0) is 5.41 Å². The van der Waals surface area contributed by atoms with Crippen LogP contribution in [0.5, 0.6) is 0 Å². The van der Waals surface area contributed by atoms with Gasteiger partial charge in [-0.1, -0.05) is 37.3 Å². The summed E-state index contributed by atoms with van der Waals surface area (Å²) in [6, 6.07) is 11.9. The Hall–Kier alpha value is -0.860. The van der Waals surface area contributed by atoms with E-state index < -0.39 is 0 Å². The highest BCUT2D eigenvalue weighted by Crippen LogP contribution is 2.34. The Kier molecular flexibility index (Phi) is 4.42. The van der Waals surface area contributed by atoms with Gasteiger partial charge in [0.05, 0.1) is 0 Å². The largest absolute Gasteiger partial charge is 0.317 e. The fourth-order valence-corrected chi connectivity index (χ4v) is 4.00. The van der Waals surface area contributed by atoms with Crippen LogP contribution in [0.1, 0.15) is 44.6 Å². The van der Waals surface area contributed by atoms with Gasteiger partial charge in [0.2, 0.25) is 0 Å². The Labute approximate surface area is 123 Å². The molecule has 1 aromatic carbocycles. The molecule has 2 nitrogen and oxygen atoms in total. The first-order valence-electron chi connectivity index (χ1n) is 8.28. The van der Waals surface area contributed by atoms with Gasteiger partial charge in [0.25, 0.3) is 0 Å². The summed E-state index contributed by atoms with van der Waals surface area (Å²) in [6.45, 7) is 5.84. The number of rotatable bonds is 4. The first kappa shape index (κ1) is 14.1. The van der Waals surface area contributed by atoms with Crippen molar-refractivity contribution in [3.05, 3.63) is 35.9 Å². The molecule has 0 spiro atoms. The molecule has 1 saturated carbocycles. The number of benzene rings is 1. The molecule has 1 aliphatic heterocycles. The standard InChI is InChI=1S/C18H28N2/c1-15-7-8-17(13-15)20-14-18(9-11-19-12-10-18)16-5-3-2-4-6-16/h2-6,15,17,19-20H,7-14H2,1H3. The maximum Gasteiger partial charge on any atom is 0.0102 e. The van der Waals surface area contributed by atoms with E-state index in [1.54, 1.807) is 0 Å². The predicted molar refractivity (Wildman–Crippen MR) is 85.0 cm³/mol. The number of nitrogens with one attached hydrogen (secondary N) is 2. The van der Waals surface area contributed by atoms with E-state index in [4.69, 9.17) is 0 Å². The second-order valence-corrected chi connectivity index (χ2v) is 6.89. The quantitative estimate of drug-likeness (QED) is 0.880. The molecule has 0 amide bonds. The van der Waals surface area contributed by atoms with Crippen molar-refractivity contribution in [3.8, 4) is 0 Å². The Morgan fingerprint density at radius 3 is 2.55 bits per heavy atom. The van der Waals surface area contributed by atoms with E-state index in [1.807, 2.05) is 0 Å². The smallest absolute Gasteiger partial charge is 0.0102 e. The van der Waals surface area contributed by atoms with Crippen LogP contribution in [-0.4, -0.2) is 25.7 Å². The normalized spacial score (nSPS) is 29.4. The molecule has 0 aromatic heterocycles. The minimum atomic E-state index is 0.346. The molecule has 2 fully saturated rings. The van der Waals surface area contributed by atoms with Gasteiger partial charge >= 0.3 is 0 Å². The van der Waals surface area contributed by atoms with E-state index in [2.05, 4.69) is 47.9 Å². The van der Waals surface area contributed by atoms with Crippen molar-refractivity contribution in [2.24, 2.45) is 5.92 Å². The summed E-state index contributed by atoms with van der Waals surface area (Å²) in [5, 5.41) is 7.41. The van der Waals surface area contributed by atoms with Crippen LogP contribution >= 0.6 is 0 Å². The zero-order chi connectivity index (χ0) is 13.8. The van der Waals surface area contributed by atoms with Crippen LogP contribution in [0, 0.1) is 5.92 Å². The molecule has 2 unspecified atom stereocenters. The highest BCUT2D eigenvalue weighted by Gasteiger charge is 2.34. The monoisotopic (exact) mass is 272 g/mol. The molecule has 20 heavy (non-hydrogen) atoms. The minimum absolute atomic E-state index is 0.346. The van der Waals surface area contributed by atoms with Crippen LogP contribution in [0.3, 0.4) is 0 Å². The summed E-state index contributed by atoms with van der Waals surface area (Å²) < 4.78 is 0. The van der Waals surface area contributed by atoms with E-state index in [0.717, 1.165) is 31.6 Å². The molecule has 0 radical (unpaired) electrons. The lowest BCUT2D eigenvalue weighted by Crippen LogP contribution is -2.48.